The Hall–Kier alpha value is 0.140. The van der Waals surface area contributed by atoms with Crippen molar-refractivity contribution < 1.29 is 9.47 Å². The molecule has 0 aliphatic rings. The lowest BCUT2D eigenvalue weighted by molar-refractivity contribution is -0.0519. The molecule has 0 rings (SSSR count). The Labute approximate surface area is 128 Å². The molecule has 0 aromatic heterocycles. The van der Waals surface area contributed by atoms with Crippen LogP contribution in [0.2, 0.25) is 0 Å². The molecule has 0 saturated carbocycles. The van der Waals surface area contributed by atoms with E-state index in [0.29, 0.717) is 6.79 Å². The fourth-order valence-corrected chi connectivity index (χ4v) is 2.17. The van der Waals surface area contributed by atoms with E-state index >= 15 is 0 Å². The topological polar surface area (TPSA) is 18.5 Å². The van der Waals surface area contributed by atoms with E-state index in [9.17, 15) is 0 Å². The lowest BCUT2D eigenvalue weighted by Gasteiger charge is -2.02. The quantitative estimate of drug-likeness (QED) is 0.171. The van der Waals surface area contributed by atoms with Gasteiger partial charge in [0.2, 0.25) is 0 Å². The molecule has 0 aliphatic heterocycles. The third-order valence-electron chi connectivity index (χ3n) is 2.87. The van der Waals surface area contributed by atoms with Crippen LogP contribution >= 0.6 is 15.9 Å². The summed E-state index contributed by atoms with van der Waals surface area (Å²) < 4.78 is 10.6. The zero-order valence-corrected chi connectivity index (χ0v) is 14.1. The first kappa shape index (κ1) is 19.1. The Morgan fingerprint density at radius 3 is 2.16 bits per heavy atom. The smallest absolute Gasteiger partial charge is 0.146 e. The van der Waals surface area contributed by atoms with Gasteiger partial charge in [0, 0.05) is 11.9 Å². The van der Waals surface area contributed by atoms with E-state index in [-0.39, 0.29) is 0 Å². The molecule has 0 aliphatic carbocycles. The van der Waals surface area contributed by atoms with Gasteiger partial charge in [0.05, 0.1) is 6.61 Å². The van der Waals surface area contributed by atoms with Crippen LogP contribution in [0.5, 0.6) is 0 Å². The highest BCUT2D eigenvalue weighted by Crippen LogP contribution is 2.08. The van der Waals surface area contributed by atoms with E-state index in [2.05, 4.69) is 35.0 Å². The van der Waals surface area contributed by atoms with Crippen molar-refractivity contribution in [3.05, 3.63) is 12.2 Å². The van der Waals surface area contributed by atoms with Crippen molar-refractivity contribution in [1.82, 2.24) is 0 Å². The number of hydrogen-bond acceptors (Lipinski definition) is 2. The number of hydrogen-bond donors (Lipinski definition) is 0. The summed E-state index contributed by atoms with van der Waals surface area (Å²) in [4.78, 5) is 0. The number of halogens is 1. The highest BCUT2D eigenvalue weighted by Gasteiger charge is 1.90. The highest BCUT2D eigenvalue weighted by atomic mass is 79.9. The van der Waals surface area contributed by atoms with Gasteiger partial charge in [-0.25, -0.2) is 0 Å². The molecule has 0 radical (unpaired) electrons. The molecule has 0 unspecified atom stereocenters. The normalized spacial score (nSPS) is 11.5. The van der Waals surface area contributed by atoms with E-state index < -0.39 is 0 Å². The minimum atomic E-state index is 0.441. The molecule has 0 heterocycles. The summed E-state index contributed by atoms with van der Waals surface area (Å²) in [5, 5.41) is 1.15. The lowest BCUT2D eigenvalue weighted by atomic mass is 10.1. The monoisotopic (exact) mass is 334 g/mol. The molecule has 0 bridgehead atoms. The molecule has 114 valence electrons. The van der Waals surface area contributed by atoms with Gasteiger partial charge >= 0.3 is 0 Å². The predicted molar refractivity (Wildman–Crippen MR) is 86.9 cm³/mol. The van der Waals surface area contributed by atoms with Crippen molar-refractivity contribution in [2.45, 2.75) is 64.7 Å². The van der Waals surface area contributed by atoms with Crippen molar-refractivity contribution in [1.29, 1.82) is 0 Å². The Bertz CT molecular complexity index is 184. The van der Waals surface area contributed by atoms with Crippen molar-refractivity contribution >= 4 is 15.9 Å². The molecule has 2 nitrogen and oxygen atoms in total. The molecule has 0 N–H and O–H groups in total. The maximum absolute atomic E-state index is 5.34. The van der Waals surface area contributed by atoms with Crippen LogP contribution in [-0.2, 0) is 9.47 Å². The summed E-state index contributed by atoms with van der Waals surface area (Å²) in [6.45, 7) is 4.11. The van der Waals surface area contributed by atoms with E-state index in [0.717, 1.165) is 31.4 Å². The summed E-state index contributed by atoms with van der Waals surface area (Å²) in [5.74, 6) is 0. The number of allylic oxidation sites excluding steroid dienone is 1. The van der Waals surface area contributed by atoms with Gasteiger partial charge in [0.1, 0.15) is 6.79 Å². The van der Waals surface area contributed by atoms with Crippen molar-refractivity contribution in [2.75, 3.05) is 25.3 Å². The molecule has 0 aromatic carbocycles. The summed E-state index contributed by atoms with van der Waals surface area (Å²) >= 11 is 3.46. The highest BCUT2D eigenvalue weighted by molar-refractivity contribution is 9.09. The van der Waals surface area contributed by atoms with Gasteiger partial charge in [0.15, 0.2) is 0 Å². The van der Waals surface area contributed by atoms with Gasteiger partial charge in [-0.05, 0) is 32.1 Å². The Morgan fingerprint density at radius 1 is 0.789 bits per heavy atom. The maximum atomic E-state index is 5.34. The Morgan fingerprint density at radius 2 is 1.42 bits per heavy atom. The van der Waals surface area contributed by atoms with Gasteiger partial charge < -0.3 is 9.47 Å². The number of ether oxygens (including phenoxy) is 2. The second-order valence-corrected chi connectivity index (χ2v) is 5.59. The second-order valence-electron chi connectivity index (χ2n) is 4.79. The van der Waals surface area contributed by atoms with Crippen LogP contribution in [0.1, 0.15) is 64.7 Å². The summed E-state index contributed by atoms with van der Waals surface area (Å²) in [5.41, 5.74) is 0. The SMILES string of the molecule is CCCOCOCCC=CCCCCCCCCBr. The van der Waals surface area contributed by atoms with Gasteiger partial charge in [-0.2, -0.15) is 0 Å². The van der Waals surface area contributed by atoms with Crippen molar-refractivity contribution in [3.8, 4) is 0 Å². The molecule has 3 heteroatoms. The fourth-order valence-electron chi connectivity index (χ4n) is 1.77. The largest absolute Gasteiger partial charge is 0.355 e. The molecular formula is C16H31BrO2. The van der Waals surface area contributed by atoms with Gasteiger partial charge in [0.25, 0.3) is 0 Å². The first-order chi connectivity index (χ1) is 9.41. The van der Waals surface area contributed by atoms with Gasteiger partial charge in [-0.15, -0.1) is 0 Å². The van der Waals surface area contributed by atoms with Gasteiger partial charge in [-0.1, -0.05) is 60.7 Å². The molecule has 0 aromatic rings. The van der Waals surface area contributed by atoms with Crippen LogP contribution in [0.25, 0.3) is 0 Å². The summed E-state index contributed by atoms with van der Waals surface area (Å²) in [7, 11) is 0. The maximum Gasteiger partial charge on any atom is 0.146 e. The number of rotatable bonds is 15. The van der Waals surface area contributed by atoms with Crippen LogP contribution in [-0.4, -0.2) is 25.3 Å². The minimum Gasteiger partial charge on any atom is -0.355 e. The van der Waals surface area contributed by atoms with E-state index in [1.165, 1.54) is 44.9 Å². The second kappa shape index (κ2) is 18.1. The van der Waals surface area contributed by atoms with Crippen LogP contribution in [0.3, 0.4) is 0 Å². The molecule has 0 atom stereocenters. The molecule has 0 spiro atoms. The Balaban J connectivity index is 3.01. The fraction of sp³-hybridized carbons (Fsp3) is 0.875. The molecule has 0 fully saturated rings. The van der Waals surface area contributed by atoms with Crippen LogP contribution in [0.15, 0.2) is 12.2 Å². The molecule has 0 amide bonds. The van der Waals surface area contributed by atoms with E-state index in [4.69, 9.17) is 9.47 Å². The average Bonchev–Trinajstić information content (AvgIpc) is 2.43. The van der Waals surface area contributed by atoms with Crippen molar-refractivity contribution in [2.24, 2.45) is 0 Å². The number of alkyl halides is 1. The summed E-state index contributed by atoms with van der Waals surface area (Å²) in [6.07, 6.45) is 15.9. The zero-order valence-electron chi connectivity index (χ0n) is 12.5. The third-order valence-corrected chi connectivity index (χ3v) is 3.43. The zero-order chi connectivity index (χ0) is 14.0. The number of unbranched alkanes of at least 4 members (excludes halogenated alkanes) is 6. The predicted octanol–water partition coefficient (Wildman–Crippen LogP) is 5.46. The first-order valence-corrected chi connectivity index (χ1v) is 8.90. The van der Waals surface area contributed by atoms with Crippen LogP contribution < -0.4 is 0 Å². The van der Waals surface area contributed by atoms with Crippen LogP contribution in [0, 0.1) is 0 Å². The van der Waals surface area contributed by atoms with E-state index in [1.54, 1.807) is 0 Å². The lowest BCUT2D eigenvalue weighted by Crippen LogP contribution is -2.01. The van der Waals surface area contributed by atoms with Crippen LogP contribution in [0.4, 0.5) is 0 Å². The van der Waals surface area contributed by atoms with Gasteiger partial charge in [-0.3, -0.25) is 0 Å². The van der Waals surface area contributed by atoms with Crippen molar-refractivity contribution in [3.63, 3.8) is 0 Å². The minimum absolute atomic E-state index is 0.441. The van der Waals surface area contributed by atoms with E-state index in [1.807, 2.05) is 0 Å². The molecule has 0 saturated heterocycles. The molecular weight excluding hydrogens is 304 g/mol. The standard InChI is InChI=1S/C16H31BrO2/c1-2-14-18-16-19-15-12-10-8-6-4-3-5-7-9-11-13-17/h8,10H,2-7,9,11-16H2,1H3. The molecule has 19 heavy (non-hydrogen) atoms. The Kier molecular flexibility index (Phi) is 18.3. The summed E-state index contributed by atoms with van der Waals surface area (Å²) in [6, 6.07) is 0. The average molecular weight is 335 g/mol. The first-order valence-electron chi connectivity index (χ1n) is 7.78. The third kappa shape index (κ3) is 18.1.